The van der Waals surface area contributed by atoms with Crippen molar-refractivity contribution in [3.8, 4) is 22.6 Å². The lowest BCUT2D eigenvalue weighted by Crippen LogP contribution is -2.13. The number of nitrogens with two attached hydrogens (primary N) is 1. The Morgan fingerprint density at radius 1 is 0.964 bits per heavy atom. The third kappa shape index (κ3) is 3.70. The Balaban J connectivity index is 1.76. The van der Waals surface area contributed by atoms with E-state index >= 15 is 0 Å². The molecule has 0 spiro atoms. The van der Waals surface area contributed by atoms with Gasteiger partial charge in [-0.1, -0.05) is 24.3 Å². The van der Waals surface area contributed by atoms with Crippen molar-refractivity contribution in [3.63, 3.8) is 0 Å². The van der Waals surface area contributed by atoms with E-state index in [-0.39, 0.29) is 0 Å². The number of nitrogens with one attached hydrogen (secondary N) is 1. The summed E-state index contributed by atoms with van der Waals surface area (Å²) in [7, 11) is -3.35. The summed E-state index contributed by atoms with van der Waals surface area (Å²) in [6.45, 7) is 1.99. The number of ether oxygens (including phenoxy) is 1. The maximum absolute atomic E-state index is 11.5. The van der Waals surface area contributed by atoms with E-state index in [0.29, 0.717) is 34.3 Å². The molecular weight excluding hydrogens is 374 g/mol. The van der Waals surface area contributed by atoms with Gasteiger partial charge in [-0.2, -0.15) is 0 Å². The van der Waals surface area contributed by atoms with Crippen LogP contribution in [0.3, 0.4) is 0 Å². The molecule has 0 saturated heterocycles. The van der Waals surface area contributed by atoms with Crippen LogP contribution in [0.1, 0.15) is 11.1 Å². The highest BCUT2D eigenvalue weighted by molar-refractivity contribution is 7.92. The third-order valence-corrected chi connectivity index (χ3v) is 4.94. The number of aryl methyl sites for hydroxylation is 1. The summed E-state index contributed by atoms with van der Waals surface area (Å²) in [6.07, 6.45) is 1.12. The molecule has 0 amide bonds. The summed E-state index contributed by atoms with van der Waals surface area (Å²) in [6, 6.07) is 18.6. The fraction of sp³-hybridized carbons (Fsp3) is 0.0952. The van der Waals surface area contributed by atoms with E-state index in [1.54, 1.807) is 18.2 Å². The molecule has 3 aromatic rings. The summed E-state index contributed by atoms with van der Waals surface area (Å²) in [5, 5.41) is 0. The lowest BCUT2D eigenvalue weighted by Gasteiger charge is -2.11. The average molecular weight is 393 g/mol. The van der Waals surface area contributed by atoms with E-state index in [1.165, 1.54) is 0 Å². The molecule has 0 aliphatic carbocycles. The molecule has 6 nitrogen and oxygen atoms in total. The summed E-state index contributed by atoms with van der Waals surface area (Å²) in [5.41, 5.74) is 10.9. The molecule has 0 unspecified atom stereocenters. The normalized spacial score (nSPS) is 12.9. The molecule has 0 aromatic heterocycles. The van der Waals surface area contributed by atoms with Crippen LogP contribution in [0.4, 0.5) is 11.4 Å². The monoisotopic (exact) mass is 393 g/mol. The van der Waals surface area contributed by atoms with Crippen molar-refractivity contribution in [2.45, 2.75) is 6.92 Å². The minimum Gasteiger partial charge on any atom is -0.454 e. The lowest BCUT2D eigenvalue weighted by atomic mass is 10.0. The zero-order valence-electron chi connectivity index (χ0n) is 15.4. The van der Waals surface area contributed by atoms with Crippen LogP contribution in [0.5, 0.6) is 11.5 Å². The van der Waals surface area contributed by atoms with Crippen molar-refractivity contribution in [2.75, 3.05) is 11.0 Å². The number of hydrogen-bond donors (Lipinski definition) is 2. The molecular formula is C21H19N3O3S. The van der Waals surface area contributed by atoms with Crippen molar-refractivity contribution in [1.29, 1.82) is 0 Å². The van der Waals surface area contributed by atoms with Crippen molar-refractivity contribution >= 4 is 27.2 Å². The first-order chi connectivity index (χ1) is 13.3. The van der Waals surface area contributed by atoms with E-state index in [0.717, 1.165) is 22.9 Å². The second kappa shape index (κ2) is 6.69. The molecule has 4 rings (SSSR count). The number of anilines is 1. The molecule has 7 heteroatoms. The average Bonchev–Trinajstić information content (AvgIpc) is 2.76. The van der Waals surface area contributed by atoms with Crippen molar-refractivity contribution in [3.05, 3.63) is 71.8 Å². The van der Waals surface area contributed by atoms with Gasteiger partial charge in [-0.15, -0.1) is 0 Å². The smallest absolute Gasteiger partial charge is 0.229 e. The Morgan fingerprint density at radius 3 is 2.50 bits per heavy atom. The van der Waals surface area contributed by atoms with E-state index < -0.39 is 10.0 Å². The van der Waals surface area contributed by atoms with Gasteiger partial charge in [0.15, 0.2) is 5.75 Å². The first kappa shape index (κ1) is 18.1. The Labute approximate surface area is 163 Å². The van der Waals surface area contributed by atoms with E-state index in [1.807, 2.05) is 49.4 Å². The van der Waals surface area contributed by atoms with E-state index in [9.17, 15) is 8.42 Å². The standard InChI is InChI=1S/C21H19N3O3S/c1-13-6-8-20-18(10-13)23-21(22)17-12-15(7-9-19(17)27-20)14-4-3-5-16(11-14)24-28(2,25)26/h3-12,24H,1-2H3,(H2,22,23). The zero-order valence-corrected chi connectivity index (χ0v) is 16.2. The SMILES string of the molecule is Cc1ccc2c(c1)N=C(N)c1cc(-c3cccc(NS(C)(=O)=O)c3)ccc1O2. The molecule has 28 heavy (non-hydrogen) atoms. The van der Waals surface area contributed by atoms with Gasteiger partial charge in [-0.25, -0.2) is 13.4 Å². The topological polar surface area (TPSA) is 93.8 Å². The van der Waals surface area contributed by atoms with Crippen LogP contribution in [0.15, 0.2) is 65.7 Å². The number of hydrogen-bond acceptors (Lipinski definition) is 5. The maximum Gasteiger partial charge on any atom is 0.229 e. The highest BCUT2D eigenvalue weighted by Crippen LogP contribution is 2.39. The predicted molar refractivity (Wildman–Crippen MR) is 112 cm³/mol. The van der Waals surface area contributed by atoms with E-state index in [4.69, 9.17) is 10.5 Å². The van der Waals surface area contributed by atoms with Crippen LogP contribution in [0, 0.1) is 6.92 Å². The highest BCUT2D eigenvalue weighted by Gasteiger charge is 2.17. The van der Waals surface area contributed by atoms with Gasteiger partial charge in [0.05, 0.1) is 11.8 Å². The van der Waals surface area contributed by atoms with Gasteiger partial charge in [0.25, 0.3) is 0 Å². The first-order valence-electron chi connectivity index (χ1n) is 8.64. The molecule has 3 N–H and O–H groups in total. The Morgan fingerprint density at radius 2 is 1.71 bits per heavy atom. The number of nitrogens with zero attached hydrogens (tertiary/aromatic N) is 1. The summed E-state index contributed by atoms with van der Waals surface area (Å²) >= 11 is 0. The summed E-state index contributed by atoms with van der Waals surface area (Å²) in [4.78, 5) is 4.52. The second-order valence-corrected chi connectivity index (χ2v) is 8.48. The van der Waals surface area contributed by atoms with Gasteiger partial charge in [-0.05, 0) is 60.0 Å². The fourth-order valence-corrected chi connectivity index (χ4v) is 3.64. The molecule has 1 aliphatic rings. The molecule has 0 bridgehead atoms. The van der Waals surface area contributed by atoms with Gasteiger partial charge in [-0.3, -0.25) is 4.72 Å². The molecule has 0 atom stereocenters. The lowest BCUT2D eigenvalue weighted by molar-refractivity contribution is 0.484. The molecule has 0 saturated carbocycles. The van der Waals surface area contributed by atoms with Gasteiger partial charge in [0.2, 0.25) is 10.0 Å². The predicted octanol–water partition coefficient (Wildman–Crippen LogP) is 4.18. The number of sulfonamides is 1. The Bertz CT molecular complexity index is 1220. The van der Waals surface area contributed by atoms with Crippen molar-refractivity contribution in [2.24, 2.45) is 10.7 Å². The molecule has 1 aliphatic heterocycles. The third-order valence-electron chi connectivity index (χ3n) is 4.33. The largest absolute Gasteiger partial charge is 0.454 e. The number of amidine groups is 1. The zero-order chi connectivity index (χ0) is 19.9. The van der Waals surface area contributed by atoms with Crippen LogP contribution >= 0.6 is 0 Å². The number of benzene rings is 3. The maximum atomic E-state index is 11.5. The highest BCUT2D eigenvalue weighted by atomic mass is 32.2. The minimum atomic E-state index is -3.35. The Kier molecular flexibility index (Phi) is 4.31. The first-order valence-corrected chi connectivity index (χ1v) is 10.5. The van der Waals surface area contributed by atoms with Gasteiger partial charge in [0, 0.05) is 5.69 Å². The molecule has 1 heterocycles. The molecule has 142 valence electrons. The minimum absolute atomic E-state index is 0.367. The van der Waals surface area contributed by atoms with Crippen molar-refractivity contribution < 1.29 is 13.2 Å². The van der Waals surface area contributed by atoms with Gasteiger partial charge < -0.3 is 10.5 Å². The molecule has 3 aromatic carbocycles. The van der Waals surface area contributed by atoms with Gasteiger partial charge >= 0.3 is 0 Å². The van der Waals surface area contributed by atoms with E-state index in [2.05, 4.69) is 9.71 Å². The van der Waals surface area contributed by atoms with Gasteiger partial charge in [0.1, 0.15) is 17.3 Å². The number of rotatable bonds is 3. The van der Waals surface area contributed by atoms with Crippen LogP contribution in [0.2, 0.25) is 0 Å². The summed E-state index contributed by atoms with van der Waals surface area (Å²) in [5.74, 6) is 1.64. The summed E-state index contributed by atoms with van der Waals surface area (Å²) < 4.78 is 31.5. The number of aliphatic imine (C=N–C) groups is 1. The molecule has 0 fully saturated rings. The van der Waals surface area contributed by atoms with Crippen LogP contribution in [-0.2, 0) is 10.0 Å². The van der Waals surface area contributed by atoms with Crippen LogP contribution in [-0.4, -0.2) is 20.5 Å². The fourth-order valence-electron chi connectivity index (χ4n) is 3.08. The second-order valence-electron chi connectivity index (χ2n) is 6.74. The molecule has 0 radical (unpaired) electrons. The Hall–Kier alpha value is -3.32. The van der Waals surface area contributed by atoms with Crippen molar-refractivity contribution in [1.82, 2.24) is 0 Å². The quantitative estimate of drug-likeness (QED) is 0.698. The van der Waals surface area contributed by atoms with Crippen LogP contribution in [0.25, 0.3) is 11.1 Å². The van der Waals surface area contributed by atoms with Crippen LogP contribution < -0.4 is 15.2 Å². The number of fused-ring (bicyclic) bond motifs is 2.